The van der Waals surface area contributed by atoms with E-state index in [2.05, 4.69) is 26.6 Å². The van der Waals surface area contributed by atoms with Crippen LogP contribution in [0.25, 0.3) is 0 Å². The van der Waals surface area contributed by atoms with Gasteiger partial charge >= 0.3 is 0 Å². The van der Waals surface area contributed by atoms with Crippen molar-refractivity contribution >= 4 is 33.4 Å². The Labute approximate surface area is 143 Å². The van der Waals surface area contributed by atoms with Crippen molar-refractivity contribution in [2.45, 2.75) is 19.4 Å². The van der Waals surface area contributed by atoms with Gasteiger partial charge < -0.3 is 10.6 Å². The molecule has 1 saturated carbocycles. The van der Waals surface area contributed by atoms with Crippen molar-refractivity contribution in [3.8, 4) is 0 Å². The highest BCUT2D eigenvalue weighted by molar-refractivity contribution is 9.10. The van der Waals surface area contributed by atoms with Crippen LogP contribution >= 0.6 is 15.9 Å². The molecule has 1 fully saturated rings. The summed E-state index contributed by atoms with van der Waals surface area (Å²) >= 11 is 3.36. The van der Waals surface area contributed by atoms with Gasteiger partial charge in [-0.3, -0.25) is 9.59 Å². The molecular formula is C18H17BrN2O2. The molecule has 0 aliphatic heterocycles. The zero-order chi connectivity index (χ0) is 16.2. The predicted octanol–water partition coefficient (Wildman–Crippen LogP) is 3.73. The maximum Gasteiger partial charge on any atom is 0.251 e. The second kappa shape index (κ2) is 6.96. The van der Waals surface area contributed by atoms with Crippen LogP contribution in [-0.4, -0.2) is 11.8 Å². The molecule has 2 N–H and O–H groups in total. The van der Waals surface area contributed by atoms with E-state index in [0.717, 1.165) is 28.6 Å². The molecule has 0 spiro atoms. The summed E-state index contributed by atoms with van der Waals surface area (Å²) in [5, 5.41) is 5.80. The van der Waals surface area contributed by atoms with Crippen molar-refractivity contribution in [2.75, 3.05) is 5.32 Å². The molecule has 0 bridgehead atoms. The molecule has 4 nitrogen and oxygen atoms in total. The number of rotatable bonds is 5. The minimum atomic E-state index is -0.126. The highest BCUT2D eigenvalue weighted by Crippen LogP contribution is 2.30. The van der Waals surface area contributed by atoms with Gasteiger partial charge in [0.25, 0.3) is 5.91 Å². The molecule has 0 atom stereocenters. The summed E-state index contributed by atoms with van der Waals surface area (Å²) in [6, 6.07) is 14.8. The van der Waals surface area contributed by atoms with E-state index >= 15 is 0 Å². The van der Waals surface area contributed by atoms with Crippen LogP contribution < -0.4 is 10.6 Å². The lowest BCUT2D eigenvalue weighted by molar-refractivity contribution is -0.117. The molecule has 2 aromatic carbocycles. The van der Waals surface area contributed by atoms with Gasteiger partial charge in [-0.15, -0.1) is 0 Å². The summed E-state index contributed by atoms with van der Waals surface area (Å²) in [7, 11) is 0. The number of benzene rings is 2. The van der Waals surface area contributed by atoms with Gasteiger partial charge in [0.05, 0.1) is 0 Å². The summed E-state index contributed by atoms with van der Waals surface area (Å²) in [5.41, 5.74) is 2.33. The maximum atomic E-state index is 12.1. The maximum absolute atomic E-state index is 12.1. The molecule has 2 amide bonds. The Balaban J connectivity index is 1.59. The fraction of sp³-hybridized carbons (Fsp3) is 0.222. The van der Waals surface area contributed by atoms with E-state index in [1.807, 2.05) is 36.4 Å². The molecule has 0 saturated heterocycles. The molecule has 3 rings (SSSR count). The van der Waals surface area contributed by atoms with Crippen LogP contribution in [0.2, 0.25) is 0 Å². The van der Waals surface area contributed by atoms with Gasteiger partial charge in [-0.1, -0.05) is 34.1 Å². The molecule has 5 heteroatoms. The van der Waals surface area contributed by atoms with E-state index < -0.39 is 0 Å². The third-order valence-electron chi connectivity index (χ3n) is 3.68. The van der Waals surface area contributed by atoms with Crippen LogP contribution in [0.5, 0.6) is 0 Å². The van der Waals surface area contributed by atoms with E-state index in [1.165, 1.54) is 0 Å². The van der Waals surface area contributed by atoms with Crippen molar-refractivity contribution < 1.29 is 9.59 Å². The smallest absolute Gasteiger partial charge is 0.251 e. The van der Waals surface area contributed by atoms with E-state index in [4.69, 9.17) is 0 Å². The van der Waals surface area contributed by atoms with Crippen molar-refractivity contribution in [2.24, 2.45) is 5.92 Å². The molecule has 2 aromatic rings. The van der Waals surface area contributed by atoms with Gasteiger partial charge in [0.2, 0.25) is 5.91 Å². The Morgan fingerprint density at radius 3 is 2.61 bits per heavy atom. The average Bonchev–Trinajstić information content (AvgIpc) is 3.38. The van der Waals surface area contributed by atoms with E-state index in [0.29, 0.717) is 12.1 Å². The number of carbonyl (C=O) groups is 2. The van der Waals surface area contributed by atoms with Gasteiger partial charge in [-0.25, -0.2) is 0 Å². The first-order valence-corrected chi connectivity index (χ1v) is 8.35. The second-order valence-corrected chi connectivity index (χ2v) is 6.57. The highest BCUT2D eigenvalue weighted by Gasteiger charge is 2.29. The molecule has 0 radical (unpaired) electrons. The first kappa shape index (κ1) is 15.7. The van der Waals surface area contributed by atoms with Crippen LogP contribution in [-0.2, 0) is 11.3 Å². The predicted molar refractivity (Wildman–Crippen MR) is 93.1 cm³/mol. The Kier molecular flexibility index (Phi) is 4.76. The second-order valence-electron chi connectivity index (χ2n) is 5.66. The lowest BCUT2D eigenvalue weighted by Gasteiger charge is -2.09. The monoisotopic (exact) mass is 372 g/mol. The Hall–Kier alpha value is -2.14. The molecular weight excluding hydrogens is 356 g/mol. The standard InChI is InChI=1S/C18H17BrN2O2/c19-15-5-2-4-14(10-15)17(22)20-11-12-3-1-6-16(9-12)21-18(23)13-7-8-13/h1-6,9-10,13H,7-8,11H2,(H,20,22)(H,21,23). The minimum absolute atomic E-state index is 0.0836. The van der Waals surface area contributed by atoms with Crippen molar-refractivity contribution in [1.29, 1.82) is 0 Å². The van der Waals surface area contributed by atoms with E-state index in [-0.39, 0.29) is 17.7 Å². The average molecular weight is 373 g/mol. The quantitative estimate of drug-likeness (QED) is 0.839. The molecule has 1 aliphatic rings. The third-order valence-corrected chi connectivity index (χ3v) is 4.18. The van der Waals surface area contributed by atoms with Crippen molar-refractivity contribution in [1.82, 2.24) is 5.32 Å². The fourth-order valence-electron chi connectivity index (χ4n) is 2.26. The summed E-state index contributed by atoms with van der Waals surface area (Å²) in [6.07, 6.45) is 1.96. The van der Waals surface area contributed by atoms with Crippen molar-refractivity contribution in [3.05, 3.63) is 64.1 Å². The van der Waals surface area contributed by atoms with Gasteiger partial charge in [0.1, 0.15) is 0 Å². The lowest BCUT2D eigenvalue weighted by Crippen LogP contribution is -2.22. The highest BCUT2D eigenvalue weighted by atomic mass is 79.9. The van der Waals surface area contributed by atoms with Crippen LogP contribution in [0.3, 0.4) is 0 Å². The normalized spacial score (nSPS) is 13.4. The van der Waals surface area contributed by atoms with Crippen LogP contribution in [0, 0.1) is 5.92 Å². The number of hydrogen-bond donors (Lipinski definition) is 2. The summed E-state index contributed by atoms with van der Waals surface area (Å²) in [5.74, 6) is 0.133. The molecule has 0 unspecified atom stereocenters. The Morgan fingerprint density at radius 1 is 1.09 bits per heavy atom. The zero-order valence-corrected chi connectivity index (χ0v) is 14.1. The van der Waals surface area contributed by atoms with Gasteiger partial charge in [-0.05, 0) is 48.7 Å². The SMILES string of the molecule is O=C(NCc1cccc(NC(=O)C2CC2)c1)c1cccc(Br)c1. The Bertz CT molecular complexity index is 741. The summed E-state index contributed by atoms with van der Waals surface area (Å²) in [6.45, 7) is 0.415. The van der Waals surface area contributed by atoms with Gasteiger partial charge in [0, 0.05) is 28.2 Å². The summed E-state index contributed by atoms with van der Waals surface area (Å²) < 4.78 is 0.870. The molecule has 0 heterocycles. The van der Waals surface area contributed by atoms with Gasteiger partial charge in [0.15, 0.2) is 0 Å². The number of nitrogens with one attached hydrogen (secondary N) is 2. The molecule has 23 heavy (non-hydrogen) atoms. The minimum Gasteiger partial charge on any atom is -0.348 e. The molecule has 1 aliphatic carbocycles. The first-order valence-electron chi connectivity index (χ1n) is 7.55. The van der Waals surface area contributed by atoms with Crippen molar-refractivity contribution in [3.63, 3.8) is 0 Å². The van der Waals surface area contributed by atoms with Crippen LogP contribution in [0.1, 0.15) is 28.8 Å². The number of halogens is 1. The molecule has 0 aromatic heterocycles. The fourth-order valence-corrected chi connectivity index (χ4v) is 2.66. The number of amides is 2. The van der Waals surface area contributed by atoms with E-state index in [1.54, 1.807) is 12.1 Å². The number of carbonyl (C=O) groups excluding carboxylic acids is 2. The van der Waals surface area contributed by atoms with Crippen LogP contribution in [0.4, 0.5) is 5.69 Å². The van der Waals surface area contributed by atoms with Gasteiger partial charge in [-0.2, -0.15) is 0 Å². The number of hydrogen-bond acceptors (Lipinski definition) is 2. The van der Waals surface area contributed by atoms with Crippen LogP contribution in [0.15, 0.2) is 53.0 Å². The molecule has 118 valence electrons. The number of anilines is 1. The first-order chi connectivity index (χ1) is 11.1. The summed E-state index contributed by atoms with van der Waals surface area (Å²) in [4.78, 5) is 23.9. The third kappa shape index (κ3) is 4.42. The topological polar surface area (TPSA) is 58.2 Å². The lowest BCUT2D eigenvalue weighted by atomic mass is 10.1. The van der Waals surface area contributed by atoms with E-state index in [9.17, 15) is 9.59 Å². The zero-order valence-electron chi connectivity index (χ0n) is 12.5. The Morgan fingerprint density at radius 2 is 1.87 bits per heavy atom. The largest absolute Gasteiger partial charge is 0.348 e.